The van der Waals surface area contributed by atoms with E-state index in [2.05, 4.69) is 5.10 Å². The van der Waals surface area contributed by atoms with Crippen LogP contribution in [0.5, 0.6) is 0 Å². The first-order chi connectivity index (χ1) is 6.83. The van der Waals surface area contributed by atoms with Crippen LogP contribution in [-0.2, 0) is 0 Å². The molecule has 1 saturated carbocycles. The normalized spacial score (nSPS) is 18.4. The van der Waals surface area contributed by atoms with E-state index < -0.39 is 0 Å². The molecule has 0 bridgehead atoms. The van der Waals surface area contributed by atoms with Crippen molar-refractivity contribution in [1.82, 2.24) is 14.3 Å². The van der Waals surface area contributed by atoms with Gasteiger partial charge in [-0.1, -0.05) is 18.9 Å². The molecule has 1 aromatic heterocycles. The maximum Gasteiger partial charge on any atom is 0.350 e. The lowest BCUT2D eigenvalue weighted by Crippen LogP contribution is -2.24. The molecule has 1 aliphatic rings. The fourth-order valence-electron chi connectivity index (χ4n) is 2.00. The number of allylic oxidation sites excluding steroid dienone is 1. The summed E-state index contributed by atoms with van der Waals surface area (Å²) in [6.07, 6.45) is 9.83. The third-order valence-electron chi connectivity index (χ3n) is 2.73. The van der Waals surface area contributed by atoms with Gasteiger partial charge < -0.3 is 0 Å². The second-order valence-corrected chi connectivity index (χ2v) is 3.69. The van der Waals surface area contributed by atoms with Gasteiger partial charge in [0.15, 0.2) is 0 Å². The van der Waals surface area contributed by atoms with Crippen LogP contribution in [0.3, 0.4) is 0 Å². The summed E-state index contributed by atoms with van der Waals surface area (Å²) in [5, 5.41) is 4.03. The van der Waals surface area contributed by atoms with E-state index in [0.29, 0.717) is 6.04 Å². The van der Waals surface area contributed by atoms with Gasteiger partial charge in [0.1, 0.15) is 6.33 Å². The number of rotatable bonds is 2. The molecule has 0 unspecified atom stereocenters. The zero-order valence-corrected chi connectivity index (χ0v) is 8.39. The Bertz CT molecular complexity index is 382. The maximum atomic E-state index is 11.8. The van der Waals surface area contributed by atoms with Crippen LogP contribution >= 0.6 is 0 Å². The van der Waals surface area contributed by atoms with Gasteiger partial charge >= 0.3 is 5.69 Å². The lowest BCUT2D eigenvalue weighted by molar-refractivity contribution is 0.501. The molecule has 0 aliphatic heterocycles. The minimum atomic E-state index is -0.0185. The minimum Gasteiger partial charge on any atom is -0.278 e. The largest absolute Gasteiger partial charge is 0.350 e. The highest BCUT2D eigenvalue weighted by molar-refractivity contribution is 5.16. The van der Waals surface area contributed by atoms with Crippen molar-refractivity contribution in [2.45, 2.75) is 38.6 Å². The molecule has 0 atom stereocenters. The Labute approximate surface area is 82.9 Å². The Balaban J connectivity index is 2.30. The van der Waals surface area contributed by atoms with Crippen molar-refractivity contribution in [1.29, 1.82) is 0 Å². The zero-order valence-electron chi connectivity index (χ0n) is 8.39. The second kappa shape index (κ2) is 3.82. The van der Waals surface area contributed by atoms with Gasteiger partial charge in [-0.05, 0) is 19.8 Å². The number of hydrogen-bond acceptors (Lipinski definition) is 2. The second-order valence-electron chi connectivity index (χ2n) is 3.69. The molecule has 1 heterocycles. The van der Waals surface area contributed by atoms with Crippen LogP contribution in [0.1, 0.15) is 38.6 Å². The lowest BCUT2D eigenvalue weighted by Gasteiger charge is -2.07. The van der Waals surface area contributed by atoms with Crippen molar-refractivity contribution in [2.75, 3.05) is 0 Å². The number of nitrogens with zero attached hydrogens (tertiary/aromatic N) is 3. The molecule has 1 aromatic rings. The Morgan fingerprint density at radius 1 is 1.50 bits per heavy atom. The Kier molecular flexibility index (Phi) is 2.52. The zero-order chi connectivity index (χ0) is 9.97. The van der Waals surface area contributed by atoms with Gasteiger partial charge in [-0.15, -0.1) is 0 Å². The smallest absolute Gasteiger partial charge is 0.278 e. The third kappa shape index (κ3) is 1.52. The molecule has 1 aliphatic carbocycles. The average molecular weight is 193 g/mol. The summed E-state index contributed by atoms with van der Waals surface area (Å²) in [4.78, 5) is 11.8. The first kappa shape index (κ1) is 9.24. The molecule has 0 amide bonds. The first-order valence-corrected chi connectivity index (χ1v) is 5.11. The molecule has 2 rings (SSSR count). The van der Waals surface area contributed by atoms with Crippen molar-refractivity contribution in [2.24, 2.45) is 0 Å². The van der Waals surface area contributed by atoms with Crippen LogP contribution in [0.4, 0.5) is 0 Å². The molecule has 0 aromatic carbocycles. The summed E-state index contributed by atoms with van der Waals surface area (Å²) in [5.41, 5.74) is -0.0185. The minimum absolute atomic E-state index is 0.0185. The molecule has 0 N–H and O–H groups in total. The van der Waals surface area contributed by atoms with E-state index in [-0.39, 0.29) is 5.69 Å². The molecule has 0 saturated heterocycles. The first-order valence-electron chi connectivity index (χ1n) is 5.11. The Hall–Kier alpha value is -1.32. The summed E-state index contributed by atoms with van der Waals surface area (Å²) >= 11 is 0. The predicted molar refractivity (Wildman–Crippen MR) is 55.0 cm³/mol. The SMILES string of the molecule is C/C=C/n1ncn(C2CCCC2)c1=O. The van der Waals surface area contributed by atoms with Crippen molar-refractivity contribution < 1.29 is 0 Å². The highest BCUT2D eigenvalue weighted by Gasteiger charge is 2.19. The van der Waals surface area contributed by atoms with Gasteiger partial charge in [0.2, 0.25) is 0 Å². The van der Waals surface area contributed by atoms with Gasteiger partial charge in [0.05, 0.1) is 0 Å². The van der Waals surface area contributed by atoms with Crippen LogP contribution in [0.25, 0.3) is 6.20 Å². The summed E-state index contributed by atoms with van der Waals surface area (Å²) in [7, 11) is 0. The van der Waals surface area contributed by atoms with Crippen LogP contribution < -0.4 is 5.69 Å². The molecular formula is C10H15N3O. The molecule has 1 fully saturated rings. The van der Waals surface area contributed by atoms with E-state index in [1.54, 1.807) is 17.1 Å². The molecular weight excluding hydrogens is 178 g/mol. The summed E-state index contributed by atoms with van der Waals surface area (Å²) in [5.74, 6) is 0. The number of hydrogen-bond donors (Lipinski definition) is 0. The van der Waals surface area contributed by atoms with E-state index >= 15 is 0 Å². The van der Waals surface area contributed by atoms with Crippen molar-refractivity contribution in [3.63, 3.8) is 0 Å². The average Bonchev–Trinajstić information content (AvgIpc) is 2.77. The van der Waals surface area contributed by atoms with Gasteiger partial charge in [-0.3, -0.25) is 4.57 Å². The molecule has 0 radical (unpaired) electrons. The van der Waals surface area contributed by atoms with Crippen LogP contribution in [-0.4, -0.2) is 14.3 Å². The molecule has 14 heavy (non-hydrogen) atoms. The van der Waals surface area contributed by atoms with Gasteiger partial charge in [0.25, 0.3) is 0 Å². The summed E-state index contributed by atoms with van der Waals surface area (Å²) in [6, 6.07) is 0.376. The van der Waals surface area contributed by atoms with Gasteiger partial charge in [-0.2, -0.15) is 9.78 Å². The third-order valence-corrected chi connectivity index (χ3v) is 2.73. The van der Waals surface area contributed by atoms with E-state index in [1.165, 1.54) is 17.5 Å². The predicted octanol–water partition coefficient (Wildman–Crippen LogP) is 1.65. The standard InChI is InChI=1S/C10H15N3O/c1-2-7-13-10(14)12(8-11-13)9-5-3-4-6-9/h2,7-9H,3-6H2,1H3/b7-2+. The maximum absolute atomic E-state index is 11.8. The van der Waals surface area contributed by atoms with Crippen LogP contribution in [0, 0.1) is 0 Å². The quantitative estimate of drug-likeness (QED) is 0.716. The Morgan fingerprint density at radius 2 is 2.21 bits per heavy atom. The fraction of sp³-hybridized carbons (Fsp3) is 0.600. The molecule has 4 nitrogen and oxygen atoms in total. The topological polar surface area (TPSA) is 39.8 Å². The molecule has 4 heteroatoms. The highest BCUT2D eigenvalue weighted by atomic mass is 16.2. The van der Waals surface area contributed by atoms with Gasteiger partial charge in [0, 0.05) is 12.2 Å². The van der Waals surface area contributed by atoms with E-state index in [9.17, 15) is 4.79 Å². The van der Waals surface area contributed by atoms with Crippen molar-refractivity contribution in [3.05, 3.63) is 22.9 Å². The van der Waals surface area contributed by atoms with E-state index in [4.69, 9.17) is 0 Å². The monoisotopic (exact) mass is 193 g/mol. The molecule has 0 spiro atoms. The van der Waals surface area contributed by atoms with Crippen molar-refractivity contribution in [3.8, 4) is 0 Å². The van der Waals surface area contributed by atoms with Crippen LogP contribution in [0.2, 0.25) is 0 Å². The summed E-state index contributed by atoms with van der Waals surface area (Å²) < 4.78 is 3.14. The Morgan fingerprint density at radius 3 is 2.86 bits per heavy atom. The highest BCUT2D eigenvalue weighted by Crippen LogP contribution is 2.27. The van der Waals surface area contributed by atoms with E-state index in [0.717, 1.165) is 12.8 Å². The number of aromatic nitrogens is 3. The summed E-state index contributed by atoms with van der Waals surface area (Å²) in [6.45, 7) is 1.88. The fourth-order valence-corrected chi connectivity index (χ4v) is 2.00. The van der Waals surface area contributed by atoms with Crippen molar-refractivity contribution >= 4 is 6.20 Å². The lowest BCUT2D eigenvalue weighted by atomic mass is 10.2. The van der Waals surface area contributed by atoms with Crippen LogP contribution in [0.15, 0.2) is 17.2 Å². The van der Waals surface area contributed by atoms with E-state index in [1.807, 2.05) is 13.0 Å². The van der Waals surface area contributed by atoms with Gasteiger partial charge in [-0.25, -0.2) is 4.79 Å². The molecule has 76 valence electrons.